The second-order valence-electron chi connectivity index (χ2n) is 34.1. The number of para-hydroxylation sites is 1. The average molecular weight is 1260 g/mol. The van der Waals surface area contributed by atoms with E-state index in [0.717, 1.165) is 51.8 Å². The van der Waals surface area contributed by atoms with Gasteiger partial charge in [-0.15, -0.1) is 11.3 Å². The molecule has 4 heterocycles. The van der Waals surface area contributed by atoms with Crippen LogP contribution in [-0.2, 0) is 37.9 Å². The first-order chi connectivity index (χ1) is 44.9. The Labute approximate surface area is 568 Å². The number of benzene rings is 10. The number of hydrogen-bond donors (Lipinski definition) is 0. The molecule has 2 aromatic heterocycles. The zero-order valence-corrected chi connectivity index (χ0v) is 59.9. The van der Waals surface area contributed by atoms with Crippen molar-refractivity contribution in [2.75, 3.05) is 14.6 Å². The Balaban J connectivity index is 1.02. The van der Waals surface area contributed by atoms with Gasteiger partial charge in [-0.05, 0) is 209 Å². The summed E-state index contributed by atoms with van der Waals surface area (Å²) >= 11 is 2.01. The Kier molecular flexibility index (Phi) is 13.4. The first-order valence-corrected chi connectivity index (χ1v) is 35.5. The molecule has 10 aromatic carbocycles. The highest BCUT2D eigenvalue weighted by Gasteiger charge is 2.51. The molecule has 95 heavy (non-hydrogen) atoms. The van der Waals surface area contributed by atoms with Gasteiger partial charge in [0.05, 0.1) is 11.4 Å². The Morgan fingerprint density at radius 1 is 0.432 bits per heavy atom. The van der Waals surface area contributed by atoms with Crippen LogP contribution in [0.25, 0.3) is 65.4 Å². The summed E-state index contributed by atoms with van der Waals surface area (Å²) in [6.45, 7) is 42.4. The molecule has 0 saturated carbocycles. The number of furan rings is 1. The van der Waals surface area contributed by atoms with E-state index in [9.17, 15) is 0 Å². The highest BCUT2D eigenvalue weighted by atomic mass is 32.1. The fourth-order valence-electron chi connectivity index (χ4n) is 16.5. The summed E-state index contributed by atoms with van der Waals surface area (Å²) in [6.07, 6.45) is 2.29. The van der Waals surface area contributed by atoms with Crippen LogP contribution in [0.1, 0.15) is 182 Å². The van der Waals surface area contributed by atoms with Gasteiger partial charge in [-0.1, -0.05) is 222 Å². The molecule has 476 valence electrons. The molecule has 6 heteroatoms. The van der Waals surface area contributed by atoms with E-state index in [1.807, 2.05) is 11.3 Å². The molecule has 0 unspecified atom stereocenters. The number of hydrogen-bond acceptors (Lipinski definition) is 5. The van der Waals surface area contributed by atoms with E-state index in [1.165, 1.54) is 127 Å². The van der Waals surface area contributed by atoms with Crippen molar-refractivity contribution < 1.29 is 4.42 Å². The second-order valence-corrected chi connectivity index (χ2v) is 35.2. The lowest BCUT2D eigenvalue weighted by atomic mass is 9.46. The van der Waals surface area contributed by atoms with Crippen molar-refractivity contribution in [3.63, 3.8) is 0 Å². The van der Waals surface area contributed by atoms with E-state index >= 15 is 0 Å². The van der Waals surface area contributed by atoms with Crippen LogP contribution in [-0.4, -0.2) is 6.85 Å². The van der Waals surface area contributed by atoms with Crippen molar-refractivity contribution in [2.24, 2.45) is 0 Å². The zero-order valence-electron chi connectivity index (χ0n) is 59.1. The van der Waals surface area contributed by atoms with Gasteiger partial charge in [-0.3, -0.25) is 0 Å². The monoisotopic (exact) mass is 1260 g/mol. The van der Waals surface area contributed by atoms with Crippen LogP contribution in [0, 0.1) is 0 Å². The fraction of sp³-hybridized carbons (Fsp3) is 0.303. The number of thiophene rings is 1. The SMILES string of the molecule is CC(C)(C)c1ccc(N2B3c4sc5cc6c(cc5c4N(c4ccc(C(C)(C)C)cc4-c4ccccc4)c4cc5c(oc7ccccc75)c(c43)-c3cc4c(cc32)C(C)(C)c2ccc(N(c3ccc(C(C)(C)C)cc3)c3ccc(C(C)(C)C)cc3)cc2-4)C(C)(C)CCC6(C)C)cc1. The molecule has 12 aromatic rings. The molecule has 0 atom stereocenters. The smallest absolute Gasteiger partial charge is 0.343 e. The van der Waals surface area contributed by atoms with Gasteiger partial charge in [0.25, 0.3) is 0 Å². The lowest BCUT2D eigenvalue weighted by Gasteiger charge is -2.45. The van der Waals surface area contributed by atoms with E-state index in [-0.39, 0.29) is 44.8 Å². The lowest BCUT2D eigenvalue weighted by Crippen LogP contribution is -2.60. The minimum Gasteiger partial charge on any atom is -0.455 e. The largest absolute Gasteiger partial charge is 0.455 e. The quantitative estimate of drug-likeness (QED) is 0.155. The fourth-order valence-corrected chi connectivity index (χ4v) is 17.8. The lowest BCUT2D eigenvalue weighted by molar-refractivity contribution is 0.332. The van der Waals surface area contributed by atoms with E-state index in [1.54, 1.807) is 0 Å². The Hall–Kier alpha value is -8.58. The van der Waals surface area contributed by atoms with Crippen LogP contribution >= 0.6 is 11.3 Å². The topological polar surface area (TPSA) is 22.9 Å². The maximum Gasteiger partial charge on any atom is 0.343 e. The zero-order chi connectivity index (χ0) is 66.6. The molecule has 0 fully saturated rings. The van der Waals surface area contributed by atoms with Crippen molar-refractivity contribution in [1.29, 1.82) is 0 Å². The van der Waals surface area contributed by atoms with Crippen LogP contribution in [0.2, 0.25) is 0 Å². The number of anilines is 8. The molecule has 0 saturated heterocycles. The molecule has 2 aliphatic carbocycles. The minimum atomic E-state index is -0.345. The van der Waals surface area contributed by atoms with Gasteiger partial charge in [0, 0.05) is 81.9 Å². The molecule has 4 aliphatic rings. The first-order valence-electron chi connectivity index (χ1n) is 34.7. The van der Waals surface area contributed by atoms with Crippen molar-refractivity contribution in [2.45, 2.75) is 175 Å². The van der Waals surface area contributed by atoms with Crippen LogP contribution < -0.4 is 24.9 Å². The normalized spacial score (nSPS) is 16.0. The highest BCUT2D eigenvalue weighted by molar-refractivity contribution is 7.32. The van der Waals surface area contributed by atoms with Crippen LogP contribution in [0.15, 0.2) is 199 Å². The molecule has 0 bridgehead atoms. The summed E-state index contributed by atoms with van der Waals surface area (Å²) in [5.74, 6) is 0. The summed E-state index contributed by atoms with van der Waals surface area (Å²) < 4.78 is 10.2. The number of fused-ring (bicyclic) bond motifs is 14. The third-order valence-corrected chi connectivity index (χ3v) is 23.5. The molecule has 0 N–H and O–H groups in total. The summed E-state index contributed by atoms with van der Waals surface area (Å²) in [5.41, 5.74) is 30.2. The Morgan fingerprint density at radius 3 is 1.59 bits per heavy atom. The molecular weight excluding hydrogens is 1170 g/mol. The third-order valence-electron chi connectivity index (χ3n) is 22.3. The van der Waals surface area contributed by atoms with E-state index < -0.39 is 0 Å². The van der Waals surface area contributed by atoms with Crippen LogP contribution in [0.4, 0.5) is 45.5 Å². The molecular formula is C89H90BN3OS. The summed E-state index contributed by atoms with van der Waals surface area (Å²) in [5, 5.41) is 3.56. The summed E-state index contributed by atoms with van der Waals surface area (Å²) in [7, 11) is 0. The van der Waals surface area contributed by atoms with Gasteiger partial charge in [-0.2, -0.15) is 0 Å². The summed E-state index contributed by atoms with van der Waals surface area (Å²) in [4.78, 5) is 7.96. The third kappa shape index (κ3) is 9.56. The minimum absolute atomic E-state index is 0.00626. The predicted octanol–water partition coefficient (Wildman–Crippen LogP) is 24.5. The van der Waals surface area contributed by atoms with Crippen molar-refractivity contribution in [3.8, 4) is 33.4 Å². The molecule has 16 rings (SSSR count). The Morgan fingerprint density at radius 2 is 0.979 bits per heavy atom. The predicted molar refractivity (Wildman–Crippen MR) is 411 cm³/mol. The van der Waals surface area contributed by atoms with Crippen LogP contribution in [0.3, 0.4) is 0 Å². The summed E-state index contributed by atoms with van der Waals surface area (Å²) in [6, 6.07) is 75.8. The van der Waals surface area contributed by atoms with Crippen molar-refractivity contribution in [3.05, 3.63) is 239 Å². The van der Waals surface area contributed by atoms with E-state index in [0.29, 0.717) is 0 Å². The Bertz CT molecular complexity index is 5070. The molecule has 2 aliphatic heterocycles. The maximum atomic E-state index is 7.52. The van der Waals surface area contributed by atoms with Gasteiger partial charge in [-0.25, -0.2) is 0 Å². The molecule has 0 spiro atoms. The standard InChI is InChI=1S/C89H90BN3OS/c1-83(2,3)54-28-35-58(36-29-54)91(59-37-30-55(31-38-59)84(4,5)6)61-41-42-69-64(47-61)65-48-67-74(51-70(65)89(69,17)18)93(60-39-32-56(33-40-60)85(7,8)9)90-79-75(50-66-62-26-22-23-27-76(62)94-81(66)78(67)79)92(73-43-34-57(86(10,11)12)46-63(73)53-24-20-19-21-25-53)80-68-49-71-72(52-77(68)95-82(80)90)88(15,16)45-44-87(71,13)14/h19-43,46-52H,44-45H2,1-18H3. The van der Waals surface area contributed by atoms with Gasteiger partial charge < -0.3 is 19.0 Å². The molecule has 4 nitrogen and oxygen atoms in total. The van der Waals surface area contributed by atoms with Crippen molar-refractivity contribution in [1.82, 2.24) is 0 Å². The van der Waals surface area contributed by atoms with Crippen LogP contribution in [0.5, 0.6) is 0 Å². The number of nitrogens with zero attached hydrogens (tertiary/aromatic N) is 3. The van der Waals surface area contributed by atoms with E-state index in [2.05, 4.69) is 333 Å². The highest BCUT2D eigenvalue weighted by Crippen LogP contribution is 2.60. The molecule has 0 radical (unpaired) electrons. The number of rotatable bonds is 6. The van der Waals surface area contributed by atoms with Gasteiger partial charge in [0.15, 0.2) is 0 Å². The average Bonchev–Trinajstić information content (AvgIpc) is 1.63. The van der Waals surface area contributed by atoms with Gasteiger partial charge >= 0.3 is 6.85 Å². The first kappa shape index (κ1) is 61.3. The van der Waals surface area contributed by atoms with Crippen molar-refractivity contribution >= 4 is 106 Å². The molecule has 0 amide bonds. The van der Waals surface area contributed by atoms with Gasteiger partial charge in [0.2, 0.25) is 0 Å². The van der Waals surface area contributed by atoms with Gasteiger partial charge in [0.1, 0.15) is 11.2 Å². The second kappa shape index (κ2) is 20.7. The van der Waals surface area contributed by atoms with E-state index in [4.69, 9.17) is 4.42 Å². The maximum absolute atomic E-state index is 7.52.